The monoisotopic (exact) mass is 516 g/mol. The van der Waals surface area contributed by atoms with Gasteiger partial charge in [0.1, 0.15) is 0 Å². The van der Waals surface area contributed by atoms with Gasteiger partial charge in [0, 0.05) is 84.8 Å². The van der Waals surface area contributed by atoms with E-state index in [9.17, 15) is 4.79 Å². The van der Waals surface area contributed by atoms with Gasteiger partial charge in [-0.3, -0.25) is 14.7 Å². The van der Waals surface area contributed by atoms with Gasteiger partial charge in [-0.2, -0.15) is 0 Å². The highest BCUT2D eigenvalue weighted by atomic mass is 127. The van der Waals surface area contributed by atoms with Crippen LogP contribution >= 0.6 is 24.0 Å². The molecule has 0 saturated carbocycles. The Morgan fingerprint density at radius 2 is 1.66 bits per heavy atom. The van der Waals surface area contributed by atoms with E-state index in [0.29, 0.717) is 0 Å². The maximum atomic E-state index is 11.4. The summed E-state index contributed by atoms with van der Waals surface area (Å²) in [6.07, 6.45) is 3.58. The second kappa shape index (κ2) is 12.1. The number of piperazine rings is 2. The van der Waals surface area contributed by atoms with Gasteiger partial charge < -0.3 is 20.0 Å². The molecule has 2 aliphatic rings. The van der Waals surface area contributed by atoms with Crippen molar-refractivity contribution >= 4 is 41.8 Å². The van der Waals surface area contributed by atoms with Gasteiger partial charge in [0.2, 0.25) is 11.9 Å². The molecule has 29 heavy (non-hydrogen) atoms. The second-order valence-electron chi connectivity index (χ2n) is 7.11. The van der Waals surface area contributed by atoms with Crippen LogP contribution < -0.4 is 10.2 Å². The van der Waals surface area contributed by atoms with Gasteiger partial charge in [0.15, 0.2) is 5.96 Å². The van der Waals surface area contributed by atoms with E-state index in [1.165, 1.54) is 0 Å². The molecular formula is C19H33IN8O. The first-order valence-electron chi connectivity index (χ1n) is 10.2. The standard InChI is InChI=1S/C19H32N8O.HI/c1-3-20-18(23-7-8-24-9-11-25(12-10-24)17(2)28)26-13-15-27(16-14-26)19-21-5-4-6-22-19;/h4-6H,3,7-16H2,1-2H3,(H,20,23);1H. The summed E-state index contributed by atoms with van der Waals surface area (Å²) in [5.41, 5.74) is 0. The Hall–Kier alpha value is -1.69. The smallest absolute Gasteiger partial charge is 0.225 e. The number of carbonyl (C=O) groups excluding carboxylic acids is 1. The minimum absolute atomic E-state index is 0. The van der Waals surface area contributed by atoms with E-state index in [4.69, 9.17) is 4.99 Å². The zero-order chi connectivity index (χ0) is 19.8. The number of rotatable bonds is 5. The molecule has 0 radical (unpaired) electrons. The Labute approximate surface area is 190 Å². The number of halogens is 1. The van der Waals surface area contributed by atoms with Crippen LogP contribution in [0.25, 0.3) is 0 Å². The van der Waals surface area contributed by atoms with Gasteiger partial charge in [-0.15, -0.1) is 24.0 Å². The molecule has 0 unspecified atom stereocenters. The molecule has 10 heteroatoms. The van der Waals surface area contributed by atoms with Crippen molar-refractivity contribution < 1.29 is 4.79 Å². The highest BCUT2D eigenvalue weighted by molar-refractivity contribution is 14.0. The normalized spacial score (nSPS) is 18.4. The number of guanidine groups is 1. The third-order valence-electron chi connectivity index (χ3n) is 5.24. The first kappa shape index (κ1) is 23.6. The minimum Gasteiger partial charge on any atom is -0.357 e. The molecule has 1 aromatic rings. The van der Waals surface area contributed by atoms with E-state index in [-0.39, 0.29) is 29.9 Å². The molecule has 162 valence electrons. The molecule has 3 heterocycles. The predicted octanol–water partition coefficient (Wildman–Crippen LogP) is 0.346. The van der Waals surface area contributed by atoms with E-state index in [1.807, 2.05) is 11.0 Å². The number of carbonyl (C=O) groups is 1. The first-order chi connectivity index (χ1) is 13.7. The molecule has 2 saturated heterocycles. The SMILES string of the molecule is CCNC(=NCCN1CCN(C(C)=O)CC1)N1CCN(c2ncccn2)CC1.I. The molecule has 0 atom stereocenters. The third-order valence-corrected chi connectivity index (χ3v) is 5.24. The zero-order valence-electron chi connectivity index (χ0n) is 17.5. The molecule has 3 rings (SSSR count). The number of aliphatic imine (C=N–C) groups is 1. The van der Waals surface area contributed by atoms with Crippen LogP contribution in [0.1, 0.15) is 13.8 Å². The molecule has 1 aromatic heterocycles. The largest absolute Gasteiger partial charge is 0.357 e. The molecule has 0 spiro atoms. The average Bonchev–Trinajstić information content (AvgIpc) is 2.74. The average molecular weight is 516 g/mol. The number of amides is 1. The Kier molecular flexibility index (Phi) is 9.85. The predicted molar refractivity (Wildman–Crippen MR) is 126 cm³/mol. The van der Waals surface area contributed by atoms with Crippen molar-refractivity contribution in [2.75, 3.05) is 76.9 Å². The van der Waals surface area contributed by atoms with Crippen LogP contribution in [0.4, 0.5) is 5.95 Å². The Morgan fingerprint density at radius 1 is 1.03 bits per heavy atom. The number of hydrogen-bond acceptors (Lipinski definition) is 6. The van der Waals surface area contributed by atoms with Gasteiger partial charge in [-0.25, -0.2) is 9.97 Å². The van der Waals surface area contributed by atoms with Gasteiger partial charge in [0.05, 0.1) is 6.54 Å². The molecule has 0 aliphatic carbocycles. The molecule has 1 N–H and O–H groups in total. The van der Waals surface area contributed by atoms with Crippen molar-refractivity contribution in [2.24, 2.45) is 4.99 Å². The van der Waals surface area contributed by atoms with Crippen molar-refractivity contribution in [3.8, 4) is 0 Å². The molecule has 9 nitrogen and oxygen atoms in total. The maximum Gasteiger partial charge on any atom is 0.225 e. The van der Waals surface area contributed by atoms with E-state index in [0.717, 1.165) is 83.9 Å². The van der Waals surface area contributed by atoms with Crippen molar-refractivity contribution in [1.29, 1.82) is 0 Å². The fraction of sp³-hybridized carbons (Fsp3) is 0.684. The fourth-order valence-corrected chi connectivity index (χ4v) is 3.58. The molecular weight excluding hydrogens is 483 g/mol. The summed E-state index contributed by atoms with van der Waals surface area (Å²) in [6.45, 7) is 13.4. The second-order valence-corrected chi connectivity index (χ2v) is 7.11. The topological polar surface area (TPSA) is 80.2 Å². The number of aromatic nitrogens is 2. The van der Waals surface area contributed by atoms with Crippen LogP contribution in [0.2, 0.25) is 0 Å². The van der Waals surface area contributed by atoms with E-state index in [2.05, 4.69) is 36.9 Å². The number of nitrogens with one attached hydrogen (secondary N) is 1. The van der Waals surface area contributed by atoms with Crippen LogP contribution in [0.15, 0.2) is 23.5 Å². The van der Waals surface area contributed by atoms with Crippen molar-refractivity contribution in [1.82, 2.24) is 30.0 Å². The van der Waals surface area contributed by atoms with Gasteiger partial charge in [-0.1, -0.05) is 0 Å². The minimum atomic E-state index is 0. The summed E-state index contributed by atoms with van der Waals surface area (Å²) in [7, 11) is 0. The highest BCUT2D eigenvalue weighted by Crippen LogP contribution is 2.10. The maximum absolute atomic E-state index is 11.4. The number of anilines is 1. The van der Waals surface area contributed by atoms with Gasteiger partial charge in [-0.05, 0) is 13.0 Å². The summed E-state index contributed by atoms with van der Waals surface area (Å²) in [5, 5.41) is 3.42. The van der Waals surface area contributed by atoms with Gasteiger partial charge >= 0.3 is 0 Å². The Bertz CT molecular complexity index is 643. The van der Waals surface area contributed by atoms with Crippen LogP contribution in [-0.2, 0) is 4.79 Å². The third kappa shape index (κ3) is 6.95. The van der Waals surface area contributed by atoms with Crippen LogP contribution in [0, 0.1) is 0 Å². The molecule has 0 bridgehead atoms. The molecule has 2 aliphatic heterocycles. The van der Waals surface area contributed by atoms with Crippen molar-refractivity contribution in [3.05, 3.63) is 18.5 Å². The fourth-order valence-electron chi connectivity index (χ4n) is 3.58. The Balaban J connectivity index is 0.00000300. The first-order valence-corrected chi connectivity index (χ1v) is 10.2. The lowest BCUT2D eigenvalue weighted by Crippen LogP contribution is -2.53. The van der Waals surface area contributed by atoms with E-state index >= 15 is 0 Å². The molecule has 1 amide bonds. The molecule has 0 aromatic carbocycles. The zero-order valence-corrected chi connectivity index (χ0v) is 19.8. The number of nitrogens with zero attached hydrogens (tertiary/aromatic N) is 7. The van der Waals surface area contributed by atoms with Crippen LogP contribution in [0.3, 0.4) is 0 Å². The lowest BCUT2D eigenvalue weighted by Gasteiger charge is -2.36. The summed E-state index contributed by atoms with van der Waals surface area (Å²) < 4.78 is 0. The van der Waals surface area contributed by atoms with Crippen molar-refractivity contribution in [3.63, 3.8) is 0 Å². The summed E-state index contributed by atoms with van der Waals surface area (Å²) in [6, 6.07) is 1.84. The highest BCUT2D eigenvalue weighted by Gasteiger charge is 2.21. The summed E-state index contributed by atoms with van der Waals surface area (Å²) >= 11 is 0. The van der Waals surface area contributed by atoms with E-state index < -0.39 is 0 Å². The lowest BCUT2D eigenvalue weighted by atomic mass is 10.3. The molecule has 2 fully saturated rings. The van der Waals surface area contributed by atoms with E-state index in [1.54, 1.807) is 19.3 Å². The summed E-state index contributed by atoms with van der Waals surface area (Å²) in [5.74, 6) is 1.96. The number of hydrogen-bond donors (Lipinski definition) is 1. The Morgan fingerprint density at radius 3 is 2.24 bits per heavy atom. The van der Waals surface area contributed by atoms with Crippen LogP contribution in [0.5, 0.6) is 0 Å². The van der Waals surface area contributed by atoms with Crippen molar-refractivity contribution in [2.45, 2.75) is 13.8 Å². The summed E-state index contributed by atoms with van der Waals surface area (Å²) in [4.78, 5) is 33.8. The quantitative estimate of drug-likeness (QED) is 0.344. The van der Waals surface area contributed by atoms with Gasteiger partial charge in [0.25, 0.3) is 0 Å². The lowest BCUT2D eigenvalue weighted by molar-refractivity contribution is -0.130. The van der Waals surface area contributed by atoms with Crippen LogP contribution in [-0.4, -0.2) is 109 Å².